The molecule has 5 rings (SSSR count). The molecule has 12 heteroatoms. The van der Waals surface area contributed by atoms with Gasteiger partial charge in [-0.25, -0.2) is 9.79 Å². The molecule has 10 nitrogen and oxygen atoms in total. The zero-order valence-electron chi connectivity index (χ0n) is 21.0. The van der Waals surface area contributed by atoms with Gasteiger partial charge in [-0.3, -0.25) is 19.5 Å². The normalized spacial score (nSPS) is 15.1. The van der Waals surface area contributed by atoms with Crippen LogP contribution in [0.4, 0.5) is 5.69 Å². The molecule has 0 amide bonds. The molecule has 39 heavy (non-hydrogen) atoms. The second-order valence-electron chi connectivity index (χ2n) is 8.54. The number of rotatable bonds is 6. The first-order valence-electron chi connectivity index (χ1n) is 11.6. The summed E-state index contributed by atoms with van der Waals surface area (Å²) in [7, 11) is 2.77. The van der Waals surface area contributed by atoms with Gasteiger partial charge in [0.2, 0.25) is 0 Å². The number of carbonyl (C=O) groups is 1. The Morgan fingerprint density at radius 1 is 1.18 bits per heavy atom. The number of non-ortho nitro benzene ring substituents is 1. The van der Waals surface area contributed by atoms with Gasteiger partial charge in [0, 0.05) is 40.3 Å². The minimum absolute atomic E-state index is 0.0195. The number of methoxy groups -OCH3 is 2. The van der Waals surface area contributed by atoms with Gasteiger partial charge in [0.25, 0.3) is 11.2 Å². The van der Waals surface area contributed by atoms with Crippen molar-refractivity contribution in [2.45, 2.75) is 13.0 Å². The van der Waals surface area contributed by atoms with Crippen LogP contribution in [0.5, 0.6) is 5.75 Å². The Hall–Kier alpha value is -4.48. The summed E-state index contributed by atoms with van der Waals surface area (Å²) >= 11 is 7.50. The molecule has 0 saturated carbocycles. The van der Waals surface area contributed by atoms with Crippen LogP contribution < -0.4 is 19.6 Å². The quantitative estimate of drug-likeness (QED) is 0.200. The topological polar surface area (TPSA) is 118 Å². The Balaban J connectivity index is 1.70. The van der Waals surface area contributed by atoms with E-state index < -0.39 is 16.9 Å². The molecule has 0 saturated heterocycles. The number of carbonyl (C=O) groups excluding carboxylic acids is 1. The van der Waals surface area contributed by atoms with Gasteiger partial charge in [0.1, 0.15) is 11.8 Å². The van der Waals surface area contributed by atoms with Crippen molar-refractivity contribution in [3.63, 3.8) is 0 Å². The monoisotopic (exact) mass is 564 g/mol. The highest BCUT2D eigenvalue weighted by atomic mass is 35.5. The Bertz CT molecular complexity index is 1830. The lowest BCUT2D eigenvalue weighted by atomic mass is 9.95. The highest BCUT2D eigenvalue weighted by molar-refractivity contribution is 7.07. The number of hydrogen-bond acceptors (Lipinski definition) is 8. The smallest absolute Gasteiger partial charge is 0.338 e. The van der Waals surface area contributed by atoms with E-state index in [1.807, 2.05) is 16.7 Å². The van der Waals surface area contributed by atoms with Gasteiger partial charge in [-0.15, -0.1) is 0 Å². The molecule has 0 aliphatic carbocycles. The largest absolute Gasteiger partial charge is 0.496 e. The van der Waals surface area contributed by atoms with Gasteiger partial charge in [0.05, 0.1) is 34.9 Å². The number of fused-ring (bicyclic) bond motifs is 1. The SMILES string of the molecule is COC(=O)C1=C(C)N=c2s/c(=C\c3cccn3-c3ccc([N+](=O)[O-])cc3)c(=O)n2[C@@H]1c1cc(Cl)ccc1OC. The van der Waals surface area contributed by atoms with Crippen LogP contribution in [0, 0.1) is 10.1 Å². The fraction of sp³-hybridized carbons (Fsp3) is 0.148. The van der Waals surface area contributed by atoms with Crippen molar-refractivity contribution in [3.8, 4) is 11.4 Å². The van der Waals surface area contributed by atoms with Gasteiger partial charge in [0.15, 0.2) is 4.80 Å². The summed E-state index contributed by atoms with van der Waals surface area (Å²) < 4.78 is 14.2. The third-order valence-corrected chi connectivity index (χ3v) is 7.53. The summed E-state index contributed by atoms with van der Waals surface area (Å²) in [6, 6.07) is 13.8. The molecule has 0 N–H and O–H groups in total. The predicted molar refractivity (Wildman–Crippen MR) is 146 cm³/mol. The van der Waals surface area contributed by atoms with Gasteiger partial charge in [-0.05, 0) is 55.5 Å². The molecule has 1 atom stereocenters. The molecular weight excluding hydrogens is 544 g/mol. The van der Waals surface area contributed by atoms with E-state index >= 15 is 0 Å². The first-order chi connectivity index (χ1) is 18.7. The van der Waals surface area contributed by atoms with E-state index in [-0.39, 0.29) is 16.8 Å². The Morgan fingerprint density at radius 3 is 2.59 bits per heavy atom. The number of benzene rings is 2. The zero-order valence-corrected chi connectivity index (χ0v) is 22.5. The highest BCUT2D eigenvalue weighted by Gasteiger charge is 2.35. The highest BCUT2D eigenvalue weighted by Crippen LogP contribution is 2.37. The van der Waals surface area contributed by atoms with Crippen LogP contribution >= 0.6 is 22.9 Å². The predicted octanol–water partition coefficient (Wildman–Crippen LogP) is 3.77. The van der Waals surface area contributed by atoms with E-state index in [1.54, 1.807) is 49.5 Å². The summed E-state index contributed by atoms with van der Waals surface area (Å²) in [6.45, 7) is 1.69. The number of allylic oxidation sites excluding steroid dienone is 1. The average Bonchev–Trinajstić information content (AvgIpc) is 3.51. The molecule has 0 spiro atoms. The van der Waals surface area contributed by atoms with Crippen molar-refractivity contribution in [2.24, 2.45) is 4.99 Å². The maximum atomic E-state index is 13.9. The second kappa shape index (κ2) is 10.4. The van der Waals surface area contributed by atoms with E-state index in [4.69, 9.17) is 21.1 Å². The van der Waals surface area contributed by atoms with Crippen LogP contribution in [-0.4, -0.2) is 34.2 Å². The summed E-state index contributed by atoms with van der Waals surface area (Å²) in [6.07, 6.45) is 3.51. The number of nitro groups is 1. The third-order valence-electron chi connectivity index (χ3n) is 6.31. The number of esters is 1. The Kier molecular flexibility index (Phi) is 6.94. The van der Waals surface area contributed by atoms with Crippen LogP contribution in [0.25, 0.3) is 11.8 Å². The van der Waals surface area contributed by atoms with Crippen molar-refractivity contribution in [3.05, 3.63) is 118 Å². The number of ether oxygens (including phenoxy) is 2. The third kappa shape index (κ3) is 4.66. The van der Waals surface area contributed by atoms with Crippen LogP contribution in [0.2, 0.25) is 5.02 Å². The summed E-state index contributed by atoms with van der Waals surface area (Å²) in [5.41, 5.74) is 2.11. The molecule has 2 aromatic heterocycles. The van der Waals surface area contributed by atoms with Crippen LogP contribution in [0.15, 0.2) is 81.9 Å². The minimum atomic E-state index is -0.883. The van der Waals surface area contributed by atoms with Crippen molar-refractivity contribution in [1.29, 1.82) is 0 Å². The Labute approximate surface area is 230 Å². The lowest BCUT2D eigenvalue weighted by Gasteiger charge is -2.25. The maximum Gasteiger partial charge on any atom is 0.338 e. The maximum absolute atomic E-state index is 13.9. The molecule has 4 aromatic rings. The number of aromatic nitrogens is 2. The number of nitrogens with zero attached hydrogens (tertiary/aromatic N) is 4. The number of hydrogen-bond donors (Lipinski definition) is 0. The van der Waals surface area contributed by atoms with Gasteiger partial charge < -0.3 is 14.0 Å². The zero-order chi connectivity index (χ0) is 27.8. The van der Waals surface area contributed by atoms with Gasteiger partial charge in [-0.2, -0.15) is 0 Å². The molecule has 0 fully saturated rings. The van der Waals surface area contributed by atoms with E-state index in [0.717, 1.165) is 0 Å². The fourth-order valence-electron chi connectivity index (χ4n) is 4.52. The van der Waals surface area contributed by atoms with E-state index in [2.05, 4.69) is 4.99 Å². The molecule has 1 aliphatic rings. The van der Waals surface area contributed by atoms with Crippen molar-refractivity contribution in [2.75, 3.05) is 14.2 Å². The van der Waals surface area contributed by atoms with Crippen molar-refractivity contribution < 1.29 is 19.2 Å². The molecule has 2 aromatic carbocycles. The molecule has 198 valence electrons. The molecule has 1 aliphatic heterocycles. The fourth-order valence-corrected chi connectivity index (χ4v) is 5.73. The Morgan fingerprint density at radius 2 is 1.92 bits per heavy atom. The van der Waals surface area contributed by atoms with E-state index in [0.29, 0.717) is 42.7 Å². The number of thiazole rings is 1. The number of nitro benzene ring substituents is 1. The van der Waals surface area contributed by atoms with Crippen LogP contribution in [0.3, 0.4) is 0 Å². The van der Waals surface area contributed by atoms with Gasteiger partial charge >= 0.3 is 5.97 Å². The standard InChI is InChI=1S/C27H21ClN4O6S/c1-15-23(26(34)38-3)24(20-13-16(28)6-11-21(20)37-2)31-25(33)22(39-27(31)29-15)14-19-5-4-12-30(19)17-7-9-18(10-8-17)32(35)36/h4-14,24H,1-3H3/b22-14-/t24-/m1/s1. The summed E-state index contributed by atoms with van der Waals surface area (Å²) in [4.78, 5) is 42.3. The first kappa shape index (κ1) is 26.1. The molecule has 0 bridgehead atoms. The van der Waals surface area contributed by atoms with Crippen molar-refractivity contribution >= 4 is 40.7 Å². The molecule has 3 heterocycles. The molecular formula is C27H21ClN4O6S. The van der Waals surface area contributed by atoms with Crippen molar-refractivity contribution in [1.82, 2.24) is 9.13 Å². The molecule has 0 unspecified atom stereocenters. The molecule has 0 radical (unpaired) electrons. The second-order valence-corrected chi connectivity index (χ2v) is 9.98. The van der Waals surface area contributed by atoms with E-state index in [9.17, 15) is 19.7 Å². The van der Waals surface area contributed by atoms with Crippen LogP contribution in [0.1, 0.15) is 24.2 Å². The van der Waals surface area contributed by atoms with Crippen LogP contribution in [-0.2, 0) is 9.53 Å². The van der Waals surface area contributed by atoms with Gasteiger partial charge in [-0.1, -0.05) is 22.9 Å². The lowest BCUT2D eigenvalue weighted by molar-refractivity contribution is -0.384. The lowest BCUT2D eigenvalue weighted by Crippen LogP contribution is -2.40. The first-order valence-corrected chi connectivity index (χ1v) is 12.8. The number of halogens is 1. The summed E-state index contributed by atoms with van der Waals surface area (Å²) in [5.74, 6) is -0.174. The minimum Gasteiger partial charge on any atom is -0.496 e. The average molecular weight is 565 g/mol. The summed E-state index contributed by atoms with van der Waals surface area (Å²) in [5, 5.41) is 11.4. The van der Waals surface area contributed by atoms with E-state index in [1.165, 1.54) is 42.3 Å².